The molecule has 4 nitrogen and oxygen atoms in total. The number of rotatable bonds is 6. The van der Waals surface area contributed by atoms with E-state index in [0.717, 1.165) is 57.8 Å². The predicted molar refractivity (Wildman–Crippen MR) is 141 cm³/mol. The van der Waals surface area contributed by atoms with Crippen molar-refractivity contribution in [3.8, 4) is 0 Å². The highest BCUT2D eigenvalue weighted by molar-refractivity contribution is 5.73. The minimum atomic E-state index is -0.700. The topological polar surface area (TPSA) is 66.8 Å². The van der Waals surface area contributed by atoms with Crippen LogP contribution >= 0.6 is 0 Å². The third-order valence-corrected chi connectivity index (χ3v) is 12.1. The molecule has 0 radical (unpaired) electrons. The molecule has 0 aliphatic heterocycles. The van der Waals surface area contributed by atoms with E-state index in [0.29, 0.717) is 18.3 Å². The van der Waals surface area contributed by atoms with E-state index < -0.39 is 5.60 Å². The van der Waals surface area contributed by atoms with Crippen LogP contribution in [0.3, 0.4) is 0 Å². The molecule has 0 aromatic carbocycles. The van der Waals surface area contributed by atoms with Gasteiger partial charge in [0.2, 0.25) is 0 Å². The Hall–Kier alpha value is -0.870. The summed E-state index contributed by atoms with van der Waals surface area (Å²) in [6.45, 7) is 15.8. The van der Waals surface area contributed by atoms with Gasteiger partial charge in [0.15, 0.2) is 0 Å². The molecule has 2 N–H and O–H groups in total. The second-order valence-corrected chi connectivity index (χ2v) is 14.6. The van der Waals surface area contributed by atoms with Gasteiger partial charge in [-0.1, -0.05) is 45.8 Å². The van der Waals surface area contributed by atoms with Crippen LogP contribution in [0.2, 0.25) is 0 Å². The molecule has 2 saturated carbocycles. The number of esters is 1. The van der Waals surface area contributed by atoms with E-state index in [1.54, 1.807) is 11.1 Å². The standard InChI is InChI=1S/C31H52O4/c1-27(2,34)16-9-10-20(26(33)35-8)21-13-18-31(7)23-11-12-24-28(3,4)25(32)15-17-29(24,5)22(23)14-19-30(21,31)6/h20-21,24-25,32,34H,9-19H2,1-8H3. The minimum absolute atomic E-state index is 0.0398. The van der Waals surface area contributed by atoms with Crippen molar-refractivity contribution in [2.45, 2.75) is 131 Å². The summed E-state index contributed by atoms with van der Waals surface area (Å²) in [4.78, 5) is 13.1. The average molecular weight is 489 g/mol. The molecule has 4 heteroatoms. The first-order valence-electron chi connectivity index (χ1n) is 14.3. The number of hydrogen-bond donors (Lipinski definition) is 2. The molecular weight excluding hydrogens is 436 g/mol. The maximum Gasteiger partial charge on any atom is 0.308 e. The zero-order chi connectivity index (χ0) is 26.0. The highest BCUT2D eigenvalue weighted by atomic mass is 16.5. The van der Waals surface area contributed by atoms with Gasteiger partial charge in [0, 0.05) is 0 Å². The van der Waals surface area contributed by atoms with Crippen LogP contribution in [0, 0.1) is 39.4 Å². The van der Waals surface area contributed by atoms with Crippen LogP contribution in [0.5, 0.6) is 0 Å². The number of ether oxygens (including phenoxy) is 1. The van der Waals surface area contributed by atoms with Gasteiger partial charge in [-0.2, -0.15) is 0 Å². The maximum atomic E-state index is 13.1. The van der Waals surface area contributed by atoms with Crippen LogP contribution in [-0.4, -0.2) is 35.0 Å². The fourth-order valence-electron chi connectivity index (χ4n) is 9.75. The van der Waals surface area contributed by atoms with Crippen molar-refractivity contribution in [3.05, 3.63) is 11.1 Å². The number of allylic oxidation sites excluding steroid dienone is 2. The summed E-state index contributed by atoms with van der Waals surface area (Å²) < 4.78 is 5.35. The number of fused-ring (bicyclic) bond motifs is 4. The van der Waals surface area contributed by atoms with Crippen LogP contribution in [-0.2, 0) is 9.53 Å². The fraction of sp³-hybridized carbons (Fsp3) is 0.903. The molecule has 2 fully saturated rings. The normalized spacial score (nSPS) is 41.6. The molecule has 4 aliphatic rings. The van der Waals surface area contributed by atoms with E-state index in [9.17, 15) is 15.0 Å². The molecule has 7 atom stereocenters. The Bertz CT molecular complexity index is 866. The fourth-order valence-corrected chi connectivity index (χ4v) is 9.75. The van der Waals surface area contributed by atoms with Crippen LogP contribution in [0.15, 0.2) is 11.1 Å². The summed E-state index contributed by atoms with van der Waals surface area (Å²) in [5.74, 6) is 0.708. The highest BCUT2D eigenvalue weighted by Crippen LogP contribution is 2.72. The molecule has 4 rings (SSSR count). The van der Waals surface area contributed by atoms with Crippen molar-refractivity contribution in [1.29, 1.82) is 0 Å². The summed E-state index contributed by atoms with van der Waals surface area (Å²) in [6, 6.07) is 0. The first-order valence-corrected chi connectivity index (χ1v) is 14.3. The van der Waals surface area contributed by atoms with Gasteiger partial charge in [0.05, 0.1) is 24.7 Å². The number of methoxy groups -OCH3 is 1. The number of aliphatic hydroxyl groups excluding tert-OH is 1. The van der Waals surface area contributed by atoms with Crippen LogP contribution in [0.1, 0.15) is 119 Å². The lowest BCUT2D eigenvalue weighted by molar-refractivity contribution is -0.150. The Morgan fingerprint density at radius 2 is 1.71 bits per heavy atom. The third kappa shape index (κ3) is 4.13. The molecule has 0 spiro atoms. The molecule has 0 aromatic rings. The number of aliphatic hydroxyl groups is 2. The van der Waals surface area contributed by atoms with Crippen molar-refractivity contribution >= 4 is 5.97 Å². The molecule has 0 saturated heterocycles. The number of carbonyl (C=O) groups excluding carboxylic acids is 1. The quantitative estimate of drug-likeness (QED) is 0.318. The Morgan fingerprint density at radius 1 is 1.03 bits per heavy atom. The van der Waals surface area contributed by atoms with E-state index in [2.05, 4.69) is 34.6 Å². The van der Waals surface area contributed by atoms with Gasteiger partial charge >= 0.3 is 5.97 Å². The van der Waals surface area contributed by atoms with Gasteiger partial charge in [0.25, 0.3) is 0 Å². The summed E-state index contributed by atoms with van der Waals surface area (Å²) in [5.41, 5.74) is 3.09. The van der Waals surface area contributed by atoms with Crippen molar-refractivity contribution in [2.75, 3.05) is 7.11 Å². The Kier molecular flexibility index (Phi) is 6.88. The molecule has 200 valence electrons. The van der Waals surface area contributed by atoms with E-state index in [4.69, 9.17) is 4.74 Å². The van der Waals surface area contributed by atoms with Gasteiger partial charge in [-0.3, -0.25) is 4.79 Å². The van der Waals surface area contributed by atoms with Gasteiger partial charge in [-0.15, -0.1) is 0 Å². The lowest BCUT2D eigenvalue weighted by Gasteiger charge is -2.62. The second kappa shape index (κ2) is 8.86. The zero-order valence-electron chi connectivity index (χ0n) is 23.8. The highest BCUT2D eigenvalue weighted by Gasteiger charge is 2.64. The van der Waals surface area contributed by atoms with Crippen molar-refractivity contribution in [2.24, 2.45) is 39.4 Å². The van der Waals surface area contributed by atoms with Gasteiger partial charge in [0.1, 0.15) is 0 Å². The van der Waals surface area contributed by atoms with Crippen molar-refractivity contribution in [3.63, 3.8) is 0 Å². The SMILES string of the molecule is COC(=O)C(CCCC(C)(C)O)C1CCC2(C)C3=C(CCC12C)C1(C)CCC(O)C(C)(C)C1CC3. The van der Waals surface area contributed by atoms with Crippen LogP contribution in [0.25, 0.3) is 0 Å². The van der Waals surface area contributed by atoms with Crippen molar-refractivity contribution in [1.82, 2.24) is 0 Å². The molecular formula is C31H52O4. The summed E-state index contributed by atoms with van der Waals surface area (Å²) in [6.07, 6.45) is 11.0. The number of carbonyl (C=O) groups is 1. The first-order chi connectivity index (χ1) is 16.1. The van der Waals surface area contributed by atoms with E-state index in [1.165, 1.54) is 13.5 Å². The predicted octanol–water partition coefficient (Wildman–Crippen LogP) is 6.83. The lowest BCUT2D eigenvalue weighted by Crippen LogP contribution is -2.55. The smallest absolute Gasteiger partial charge is 0.308 e. The lowest BCUT2D eigenvalue weighted by atomic mass is 9.43. The average Bonchev–Trinajstić information content (AvgIpc) is 3.04. The second-order valence-electron chi connectivity index (χ2n) is 14.6. The number of hydrogen-bond acceptors (Lipinski definition) is 4. The molecule has 4 aliphatic carbocycles. The van der Waals surface area contributed by atoms with Gasteiger partial charge < -0.3 is 14.9 Å². The molecule has 0 heterocycles. The van der Waals surface area contributed by atoms with E-state index in [1.807, 2.05) is 13.8 Å². The molecule has 0 aromatic heterocycles. The Morgan fingerprint density at radius 3 is 2.34 bits per heavy atom. The van der Waals surface area contributed by atoms with Gasteiger partial charge in [-0.25, -0.2) is 0 Å². The Balaban J connectivity index is 1.66. The van der Waals surface area contributed by atoms with E-state index in [-0.39, 0.29) is 39.7 Å². The zero-order valence-corrected chi connectivity index (χ0v) is 23.8. The summed E-state index contributed by atoms with van der Waals surface area (Å²) in [5, 5.41) is 21.1. The van der Waals surface area contributed by atoms with Crippen LogP contribution < -0.4 is 0 Å². The summed E-state index contributed by atoms with van der Waals surface area (Å²) >= 11 is 0. The molecule has 35 heavy (non-hydrogen) atoms. The first kappa shape index (κ1) is 27.2. The van der Waals surface area contributed by atoms with Crippen molar-refractivity contribution < 1.29 is 19.7 Å². The molecule has 0 bridgehead atoms. The van der Waals surface area contributed by atoms with E-state index >= 15 is 0 Å². The largest absolute Gasteiger partial charge is 0.469 e. The molecule has 7 unspecified atom stereocenters. The third-order valence-electron chi connectivity index (χ3n) is 12.1. The Labute approximate surface area is 214 Å². The monoisotopic (exact) mass is 488 g/mol. The van der Waals surface area contributed by atoms with Crippen LogP contribution in [0.4, 0.5) is 0 Å². The maximum absolute atomic E-state index is 13.1. The molecule has 0 amide bonds. The summed E-state index contributed by atoms with van der Waals surface area (Å²) in [7, 11) is 1.53. The minimum Gasteiger partial charge on any atom is -0.469 e. The van der Waals surface area contributed by atoms with Gasteiger partial charge in [-0.05, 0) is 118 Å².